The molecule has 6 heteroatoms. The predicted molar refractivity (Wildman–Crippen MR) is 58.8 cm³/mol. The molecule has 1 rings (SSSR count). The summed E-state index contributed by atoms with van der Waals surface area (Å²) in [7, 11) is 0. The van der Waals surface area contributed by atoms with E-state index in [0.29, 0.717) is 5.69 Å². The van der Waals surface area contributed by atoms with Gasteiger partial charge in [-0.1, -0.05) is 15.9 Å². The van der Waals surface area contributed by atoms with Crippen molar-refractivity contribution in [2.75, 3.05) is 11.9 Å². The number of rotatable bonds is 3. The number of halogens is 1. The highest BCUT2D eigenvalue weighted by Gasteiger charge is 2.03. The third kappa shape index (κ3) is 4.46. The van der Waals surface area contributed by atoms with Crippen molar-refractivity contribution in [3.63, 3.8) is 0 Å². The van der Waals surface area contributed by atoms with Crippen LogP contribution in [-0.4, -0.2) is 23.7 Å². The van der Waals surface area contributed by atoms with E-state index < -0.39 is 12.0 Å². The molecule has 0 radical (unpaired) electrons. The Kier molecular flexibility index (Phi) is 4.11. The second-order valence-electron chi connectivity index (χ2n) is 2.71. The van der Waals surface area contributed by atoms with E-state index in [4.69, 9.17) is 5.11 Å². The smallest absolute Gasteiger partial charge is 0.405 e. The summed E-state index contributed by atoms with van der Waals surface area (Å²) in [5, 5.41) is 12.8. The van der Waals surface area contributed by atoms with Crippen LogP contribution in [0.5, 0.6) is 0 Å². The molecule has 15 heavy (non-hydrogen) atoms. The van der Waals surface area contributed by atoms with Gasteiger partial charge in [0, 0.05) is 10.2 Å². The number of amides is 2. The number of hydrogen-bond acceptors (Lipinski definition) is 2. The van der Waals surface area contributed by atoms with Gasteiger partial charge in [0.05, 0.1) is 0 Å². The summed E-state index contributed by atoms with van der Waals surface area (Å²) in [6.07, 6.45) is -1.22. The minimum absolute atomic E-state index is 0.259. The lowest BCUT2D eigenvalue weighted by molar-refractivity contribution is -0.115. The van der Waals surface area contributed by atoms with Crippen LogP contribution >= 0.6 is 15.9 Å². The van der Waals surface area contributed by atoms with Gasteiger partial charge in [-0.05, 0) is 24.3 Å². The van der Waals surface area contributed by atoms with Crippen LogP contribution in [0.3, 0.4) is 0 Å². The maximum atomic E-state index is 11.2. The van der Waals surface area contributed by atoms with Crippen LogP contribution in [0.1, 0.15) is 0 Å². The molecule has 80 valence electrons. The van der Waals surface area contributed by atoms with Crippen molar-refractivity contribution in [2.45, 2.75) is 0 Å². The molecule has 0 spiro atoms. The Morgan fingerprint density at radius 3 is 2.40 bits per heavy atom. The molecule has 0 aliphatic carbocycles. The van der Waals surface area contributed by atoms with E-state index >= 15 is 0 Å². The van der Waals surface area contributed by atoms with E-state index in [0.717, 1.165) is 4.47 Å². The SMILES string of the molecule is O=C(O)NCC(=O)Nc1ccc(Br)cc1. The molecule has 0 fully saturated rings. The van der Waals surface area contributed by atoms with Crippen LogP contribution in [0.25, 0.3) is 0 Å². The lowest BCUT2D eigenvalue weighted by Gasteiger charge is -2.04. The van der Waals surface area contributed by atoms with Gasteiger partial charge >= 0.3 is 6.09 Å². The Labute approximate surface area is 94.6 Å². The van der Waals surface area contributed by atoms with E-state index in [2.05, 4.69) is 21.2 Å². The van der Waals surface area contributed by atoms with E-state index in [1.165, 1.54) is 0 Å². The fraction of sp³-hybridized carbons (Fsp3) is 0.111. The van der Waals surface area contributed by atoms with Gasteiger partial charge in [-0.15, -0.1) is 0 Å². The summed E-state index contributed by atoms with van der Waals surface area (Å²) in [6.45, 7) is -0.259. The summed E-state index contributed by atoms with van der Waals surface area (Å²) >= 11 is 3.26. The normalized spacial score (nSPS) is 9.40. The molecule has 5 nitrogen and oxygen atoms in total. The zero-order valence-corrected chi connectivity index (χ0v) is 9.24. The highest BCUT2D eigenvalue weighted by Crippen LogP contribution is 2.13. The molecule has 0 heterocycles. The van der Waals surface area contributed by atoms with Crippen molar-refractivity contribution >= 4 is 33.6 Å². The molecule has 0 aromatic heterocycles. The number of nitrogens with one attached hydrogen (secondary N) is 2. The molecular weight excluding hydrogens is 264 g/mol. The lowest BCUT2D eigenvalue weighted by atomic mass is 10.3. The molecular formula is C9H9BrN2O3. The van der Waals surface area contributed by atoms with Crippen molar-refractivity contribution in [1.82, 2.24) is 5.32 Å². The van der Waals surface area contributed by atoms with Crippen molar-refractivity contribution in [1.29, 1.82) is 0 Å². The van der Waals surface area contributed by atoms with Crippen LogP contribution in [0.2, 0.25) is 0 Å². The quantitative estimate of drug-likeness (QED) is 0.783. The first-order valence-corrected chi connectivity index (χ1v) is 4.89. The Morgan fingerprint density at radius 2 is 1.87 bits per heavy atom. The molecule has 0 atom stereocenters. The van der Waals surface area contributed by atoms with Crippen molar-refractivity contribution in [3.8, 4) is 0 Å². The summed E-state index contributed by atoms with van der Waals surface area (Å²) in [5.41, 5.74) is 0.621. The van der Waals surface area contributed by atoms with Crippen LogP contribution in [-0.2, 0) is 4.79 Å². The Bertz CT molecular complexity index is 364. The van der Waals surface area contributed by atoms with Gasteiger partial charge in [-0.2, -0.15) is 0 Å². The maximum absolute atomic E-state index is 11.2. The average molecular weight is 273 g/mol. The topological polar surface area (TPSA) is 78.4 Å². The second-order valence-corrected chi connectivity index (χ2v) is 3.63. The van der Waals surface area contributed by atoms with Gasteiger partial charge in [-0.3, -0.25) is 4.79 Å². The third-order valence-electron chi connectivity index (χ3n) is 1.53. The van der Waals surface area contributed by atoms with E-state index in [1.54, 1.807) is 24.3 Å². The van der Waals surface area contributed by atoms with Gasteiger partial charge in [-0.25, -0.2) is 4.79 Å². The van der Waals surface area contributed by atoms with Gasteiger partial charge in [0.15, 0.2) is 0 Å². The highest BCUT2D eigenvalue weighted by atomic mass is 79.9. The van der Waals surface area contributed by atoms with Crippen molar-refractivity contribution in [3.05, 3.63) is 28.7 Å². The predicted octanol–water partition coefficient (Wildman–Crippen LogP) is 1.66. The molecule has 0 unspecified atom stereocenters. The average Bonchev–Trinajstić information content (AvgIpc) is 2.19. The standard InChI is InChI=1S/C9H9BrN2O3/c10-6-1-3-7(4-2-6)12-8(13)5-11-9(14)15/h1-4,11H,5H2,(H,12,13)(H,14,15). The fourth-order valence-corrected chi connectivity index (χ4v) is 1.16. The minimum Gasteiger partial charge on any atom is -0.465 e. The molecule has 0 aliphatic rings. The first-order chi connectivity index (χ1) is 7.08. The molecule has 0 saturated heterocycles. The van der Waals surface area contributed by atoms with Crippen LogP contribution < -0.4 is 10.6 Å². The first kappa shape index (κ1) is 11.5. The molecule has 0 bridgehead atoms. The molecule has 0 aliphatic heterocycles. The third-order valence-corrected chi connectivity index (χ3v) is 2.06. The monoisotopic (exact) mass is 272 g/mol. The molecule has 1 aromatic carbocycles. The van der Waals surface area contributed by atoms with Gasteiger partial charge in [0.2, 0.25) is 5.91 Å². The summed E-state index contributed by atoms with van der Waals surface area (Å²) in [5.74, 6) is -0.403. The van der Waals surface area contributed by atoms with E-state index in [9.17, 15) is 9.59 Å². The van der Waals surface area contributed by atoms with Crippen LogP contribution in [0.4, 0.5) is 10.5 Å². The Balaban J connectivity index is 2.44. The molecule has 0 saturated carbocycles. The van der Waals surface area contributed by atoms with E-state index in [1.807, 2.05) is 5.32 Å². The number of carboxylic acid groups (broad SMARTS) is 1. The second kappa shape index (κ2) is 5.35. The Hall–Kier alpha value is -1.56. The summed E-state index contributed by atoms with van der Waals surface area (Å²) in [4.78, 5) is 21.3. The summed E-state index contributed by atoms with van der Waals surface area (Å²) < 4.78 is 0.907. The first-order valence-electron chi connectivity index (χ1n) is 4.10. The molecule has 2 amide bonds. The van der Waals surface area contributed by atoms with Crippen molar-refractivity contribution < 1.29 is 14.7 Å². The van der Waals surface area contributed by atoms with E-state index in [-0.39, 0.29) is 6.54 Å². The highest BCUT2D eigenvalue weighted by molar-refractivity contribution is 9.10. The minimum atomic E-state index is -1.22. The van der Waals surface area contributed by atoms with Gasteiger partial charge < -0.3 is 15.7 Å². The number of anilines is 1. The Morgan fingerprint density at radius 1 is 1.27 bits per heavy atom. The van der Waals surface area contributed by atoms with Crippen LogP contribution in [0.15, 0.2) is 28.7 Å². The number of benzene rings is 1. The largest absolute Gasteiger partial charge is 0.465 e. The van der Waals surface area contributed by atoms with Crippen LogP contribution in [0, 0.1) is 0 Å². The summed E-state index contributed by atoms with van der Waals surface area (Å²) in [6, 6.07) is 6.98. The van der Waals surface area contributed by atoms with Gasteiger partial charge in [0.1, 0.15) is 6.54 Å². The molecule has 1 aromatic rings. The van der Waals surface area contributed by atoms with Crippen molar-refractivity contribution in [2.24, 2.45) is 0 Å². The zero-order valence-electron chi connectivity index (χ0n) is 7.66. The number of carbonyl (C=O) groups is 2. The fourth-order valence-electron chi connectivity index (χ4n) is 0.894. The lowest BCUT2D eigenvalue weighted by Crippen LogP contribution is -2.31. The van der Waals surface area contributed by atoms with Gasteiger partial charge in [0.25, 0.3) is 0 Å². The molecule has 3 N–H and O–H groups in total. The maximum Gasteiger partial charge on any atom is 0.405 e. The number of carbonyl (C=O) groups excluding carboxylic acids is 1. The number of hydrogen-bond donors (Lipinski definition) is 3. The zero-order chi connectivity index (χ0) is 11.3.